The molecule has 1 aromatic rings. The first-order valence-electron chi connectivity index (χ1n) is 7.19. The second kappa shape index (κ2) is 8.38. The number of ether oxygens (including phenoxy) is 2. The van der Waals surface area contributed by atoms with Gasteiger partial charge in [0.15, 0.2) is 11.5 Å². The molecule has 0 bridgehead atoms. The Hall–Kier alpha value is -0.930. The fourth-order valence-corrected chi connectivity index (χ4v) is 2.81. The zero-order chi connectivity index (χ0) is 15.1. The molecule has 0 aliphatic heterocycles. The second-order valence-corrected chi connectivity index (χ2v) is 5.40. The van der Waals surface area contributed by atoms with E-state index in [1.54, 1.807) is 14.2 Å². The summed E-state index contributed by atoms with van der Waals surface area (Å²) in [5, 5.41) is 3.97. The van der Waals surface area contributed by atoms with Crippen LogP contribution in [0, 0.1) is 5.92 Å². The maximum Gasteiger partial charge on any atom is 0.179 e. The molecule has 1 N–H and O–H groups in total. The standard InChI is InChI=1S/C16H26ClNO2/c1-6-11(7-2)8-14(18-3)12-9-13(17)16(20-5)15(10-12)19-4/h9-11,14,18H,6-8H2,1-5H3. The minimum Gasteiger partial charge on any atom is -0.493 e. The van der Waals surface area contributed by atoms with Crippen LogP contribution in [-0.2, 0) is 0 Å². The molecule has 3 nitrogen and oxygen atoms in total. The summed E-state index contributed by atoms with van der Waals surface area (Å²) in [4.78, 5) is 0. The normalized spacial score (nSPS) is 12.6. The van der Waals surface area contributed by atoms with Gasteiger partial charge in [-0.3, -0.25) is 0 Å². The number of nitrogens with one attached hydrogen (secondary N) is 1. The molecule has 1 atom stereocenters. The van der Waals surface area contributed by atoms with E-state index in [4.69, 9.17) is 21.1 Å². The van der Waals surface area contributed by atoms with Gasteiger partial charge in [0.2, 0.25) is 0 Å². The van der Waals surface area contributed by atoms with Gasteiger partial charge in [-0.15, -0.1) is 0 Å². The maximum atomic E-state index is 6.29. The van der Waals surface area contributed by atoms with Crippen molar-refractivity contribution in [2.45, 2.75) is 39.2 Å². The van der Waals surface area contributed by atoms with Gasteiger partial charge < -0.3 is 14.8 Å². The summed E-state index contributed by atoms with van der Waals surface area (Å²) in [6.45, 7) is 4.48. The molecule has 0 saturated heterocycles. The van der Waals surface area contributed by atoms with Crippen molar-refractivity contribution in [2.75, 3.05) is 21.3 Å². The largest absolute Gasteiger partial charge is 0.493 e. The lowest BCUT2D eigenvalue weighted by Gasteiger charge is -2.23. The molecule has 0 spiro atoms. The zero-order valence-corrected chi connectivity index (χ0v) is 13.9. The van der Waals surface area contributed by atoms with Crippen LogP contribution in [0.25, 0.3) is 0 Å². The molecule has 114 valence electrons. The lowest BCUT2D eigenvalue weighted by atomic mass is 9.91. The minimum atomic E-state index is 0.275. The lowest BCUT2D eigenvalue weighted by molar-refractivity contribution is 0.351. The van der Waals surface area contributed by atoms with Crippen LogP contribution in [-0.4, -0.2) is 21.3 Å². The van der Waals surface area contributed by atoms with Crippen molar-refractivity contribution < 1.29 is 9.47 Å². The second-order valence-electron chi connectivity index (χ2n) is 5.00. The average Bonchev–Trinajstić information content (AvgIpc) is 2.47. The van der Waals surface area contributed by atoms with Gasteiger partial charge in [0.25, 0.3) is 0 Å². The summed E-state index contributed by atoms with van der Waals surface area (Å²) in [6.07, 6.45) is 3.47. The number of hydrogen-bond donors (Lipinski definition) is 1. The van der Waals surface area contributed by atoms with Gasteiger partial charge in [0.05, 0.1) is 19.2 Å². The SMILES string of the molecule is CCC(CC)CC(NC)c1cc(Cl)c(OC)c(OC)c1. The summed E-state index contributed by atoms with van der Waals surface area (Å²) in [5.74, 6) is 1.98. The highest BCUT2D eigenvalue weighted by Gasteiger charge is 2.18. The van der Waals surface area contributed by atoms with Crippen LogP contribution < -0.4 is 14.8 Å². The third-order valence-electron chi connectivity index (χ3n) is 3.93. The van der Waals surface area contributed by atoms with Crippen molar-refractivity contribution in [3.63, 3.8) is 0 Å². The molecule has 0 fully saturated rings. The van der Waals surface area contributed by atoms with E-state index in [0.29, 0.717) is 22.4 Å². The first-order valence-corrected chi connectivity index (χ1v) is 7.57. The van der Waals surface area contributed by atoms with Crippen molar-refractivity contribution in [1.29, 1.82) is 0 Å². The average molecular weight is 300 g/mol. The first-order chi connectivity index (χ1) is 9.60. The maximum absolute atomic E-state index is 6.29. The summed E-state index contributed by atoms with van der Waals surface area (Å²) in [5.41, 5.74) is 1.14. The lowest BCUT2D eigenvalue weighted by Crippen LogP contribution is -2.19. The van der Waals surface area contributed by atoms with E-state index in [1.807, 2.05) is 19.2 Å². The van der Waals surface area contributed by atoms with E-state index in [2.05, 4.69) is 19.2 Å². The molecule has 1 unspecified atom stereocenters. The van der Waals surface area contributed by atoms with Crippen molar-refractivity contribution in [1.82, 2.24) is 5.32 Å². The van der Waals surface area contributed by atoms with Crippen LogP contribution >= 0.6 is 11.6 Å². The summed E-state index contributed by atoms with van der Waals surface area (Å²) < 4.78 is 10.7. The number of halogens is 1. The smallest absolute Gasteiger partial charge is 0.179 e. The van der Waals surface area contributed by atoms with E-state index < -0.39 is 0 Å². The highest BCUT2D eigenvalue weighted by atomic mass is 35.5. The Morgan fingerprint density at radius 2 is 1.80 bits per heavy atom. The molecular formula is C16H26ClNO2. The molecule has 0 aliphatic rings. The molecule has 20 heavy (non-hydrogen) atoms. The fraction of sp³-hybridized carbons (Fsp3) is 0.625. The van der Waals surface area contributed by atoms with E-state index in [-0.39, 0.29) is 6.04 Å². The molecule has 0 heterocycles. The Morgan fingerprint density at radius 1 is 1.15 bits per heavy atom. The third kappa shape index (κ3) is 4.03. The van der Waals surface area contributed by atoms with Gasteiger partial charge in [-0.05, 0) is 37.1 Å². The van der Waals surface area contributed by atoms with E-state index in [0.717, 1.165) is 12.0 Å². The zero-order valence-electron chi connectivity index (χ0n) is 13.1. The van der Waals surface area contributed by atoms with Gasteiger partial charge >= 0.3 is 0 Å². The van der Waals surface area contributed by atoms with Crippen LogP contribution in [0.1, 0.15) is 44.7 Å². The predicted molar refractivity (Wildman–Crippen MR) is 85.0 cm³/mol. The summed E-state index contributed by atoms with van der Waals surface area (Å²) >= 11 is 6.29. The fourth-order valence-electron chi connectivity index (χ4n) is 2.52. The van der Waals surface area contributed by atoms with Crippen molar-refractivity contribution in [3.05, 3.63) is 22.7 Å². The Morgan fingerprint density at radius 3 is 2.25 bits per heavy atom. The number of rotatable bonds is 8. The Balaban J connectivity index is 3.06. The third-order valence-corrected chi connectivity index (χ3v) is 4.21. The molecule has 1 rings (SSSR count). The van der Waals surface area contributed by atoms with Gasteiger partial charge in [-0.1, -0.05) is 38.3 Å². The topological polar surface area (TPSA) is 30.5 Å². The van der Waals surface area contributed by atoms with Crippen molar-refractivity contribution in [3.8, 4) is 11.5 Å². The first kappa shape index (κ1) is 17.1. The van der Waals surface area contributed by atoms with E-state index in [1.165, 1.54) is 12.8 Å². The van der Waals surface area contributed by atoms with Crippen molar-refractivity contribution >= 4 is 11.6 Å². The Bertz CT molecular complexity index is 419. The molecule has 0 radical (unpaired) electrons. The van der Waals surface area contributed by atoms with Crippen LogP contribution in [0.3, 0.4) is 0 Å². The Kier molecular flexibility index (Phi) is 7.17. The highest BCUT2D eigenvalue weighted by molar-refractivity contribution is 6.32. The van der Waals surface area contributed by atoms with Crippen LogP contribution in [0.5, 0.6) is 11.5 Å². The molecule has 0 amide bonds. The van der Waals surface area contributed by atoms with Crippen molar-refractivity contribution in [2.24, 2.45) is 5.92 Å². The van der Waals surface area contributed by atoms with Crippen LogP contribution in [0.2, 0.25) is 5.02 Å². The quantitative estimate of drug-likeness (QED) is 0.769. The number of benzene rings is 1. The molecule has 1 aromatic carbocycles. The minimum absolute atomic E-state index is 0.275. The molecule has 4 heteroatoms. The highest BCUT2D eigenvalue weighted by Crippen LogP contribution is 2.38. The monoisotopic (exact) mass is 299 g/mol. The molecule has 0 saturated carbocycles. The Labute approximate surface area is 127 Å². The van der Waals surface area contributed by atoms with Gasteiger partial charge in [0, 0.05) is 6.04 Å². The predicted octanol–water partition coefficient (Wildman–Crippen LogP) is 4.44. The van der Waals surface area contributed by atoms with Gasteiger partial charge in [0.1, 0.15) is 0 Å². The number of methoxy groups -OCH3 is 2. The summed E-state index contributed by atoms with van der Waals surface area (Å²) in [7, 11) is 5.22. The van der Waals surface area contributed by atoms with Gasteiger partial charge in [-0.25, -0.2) is 0 Å². The number of hydrogen-bond acceptors (Lipinski definition) is 3. The van der Waals surface area contributed by atoms with Crippen LogP contribution in [0.4, 0.5) is 0 Å². The molecule has 0 aliphatic carbocycles. The van der Waals surface area contributed by atoms with E-state index in [9.17, 15) is 0 Å². The van der Waals surface area contributed by atoms with Gasteiger partial charge in [-0.2, -0.15) is 0 Å². The molecular weight excluding hydrogens is 274 g/mol. The van der Waals surface area contributed by atoms with E-state index >= 15 is 0 Å². The molecule has 0 aromatic heterocycles. The summed E-state index contributed by atoms with van der Waals surface area (Å²) in [6, 6.07) is 4.25. The van der Waals surface area contributed by atoms with Crippen LogP contribution in [0.15, 0.2) is 12.1 Å².